The maximum atomic E-state index is 5.49. The lowest BCUT2D eigenvalue weighted by molar-refractivity contribution is 1.04. The van der Waals surface area contributed by atoms with Gasteiger partial charge in [-0.3, -0.25) is 5.32 Å². The summed E-state index contributed by atoms with van der Waals surface area (Å²) in [7, 11) is 0. The number of nitrogens with one attached hydrogen (secondary N) is 3. The number of hydrogen-bond acceptors (Lipinski definition) is 5. The van der Waals surface area contributed by atoms with Crippen LogP contribution in [0, 0.1) is 27.7 Å². The van der Waals surface area contributed by atoms with Crippen molar-refractivity contribution in [3.05, 3.63) is 69.2 Å². The summed E-state index contributed by atoms with van der Waals surface area (Å²) in [6, 6.07) is 12.1. The van der Waals surface area contributed by atoms with Crippen molar-refractivity contribution < 1.29 is 0 Å². The molecule has 0 aliphatic carbocycles. The third-order valence-corrected chi connectivity index (χ3v) is 5.25. The Labute approximate surface area is 180 Å². The molecule has 2 aromatic heterocycles. The van der Waals surface area contributed by atoms with Gasteiger partial charge in [-0.15, -0.1) is 11.3 Å². The number of benzene rings is 1. The molecule has 0 saturated heterocycles. The minimum absolute atomic E-state index is 0.440. The lowest BCUT2D eigenvalue weighted by atomic mass is 10.1. The molecule has 2 heterocycles. The van der Waals surface area contributed by atoms with Crippen molar-refractivity contribution in [2.75, 3.05) is 10.6 Å². The maximum Gasteiger partial charge on any atom is 0.229 e. The largest absolute Gasteiger partial charge is 0.332 e. The second kappa shape index (κ2) is 9.58. The lowest BCUT2D eigenvalue weighted by Gasteiger charge is -2.15. The van der Waals surface area contributed by atoms with Crippen LogP contribution in [0.4, 0.5) is 11.6 Å². The molecule has 0 atom stereocenters. The number of thiophene rings is 1. The average Bonchev–Trinajstić information content (AvgIpc) is 3.15. The van der Waals surface area contributed by atoms with Gasteiger partial charge in [0, 0.05) is 22.0 Å². The molecule has 1 aromatic carbocycles. The average molecular weight is 425 g/mol. The Morgan fingerprint density at radius 1 is 1.00 bits per heavy atom. The van der Waals surface area contributed by atoms with E-state index >= 15 is 0 Å². The number of aromatic nitrogens is 2. The summed E-state index contributed by atoms with van der Waals surface area (Å²) in [5.41, 5.74) is 5.13. The molecule has 0 spiro atoms. The molecule has 0 amide bonds. The zero-order valence-corrected chi connectivity index (χ0v) is 18.5. The summed E-state index contributed by atoms with van der Waals surface area (Å²) in [5.74, 6) is 0.971. The molecule has 0 saturated carbocycles. The Hall–Kier alpha value is -2.84. The predicted octanol–water partition coefficient (Wildman–Crippen LogP) is 4.73. The van der Waals surface area contributed by atoms with Crippen LogP contribution < -0.4 is 16.0 Å². The van der Waals surface area contributed by atoms with Crippen molar-refractivity contribution in [2.24, 2.45) is 4.99 Å². The first-order valence-corrected chi connectivity index (χ1v) is 10.5. The van der Waals surface area contributed by atoms with Gasteiger partial charge in [0.2, 0.25) is 11.9 Å². The molecule has 8 heteroatoms. The first-order chi connectivity index (χ1) is 13.9. The topological polar surface area (TPSA) is 74.2 Å². The first-order valence-electron chi connectivity index (χ1n) is 9.20. The highest BCUT2D eigenvalue weighted by Gasteiger charge is 2.08. The third kappa shape index (κ3) is 6.33. The molecule has 3 aromatic rings. The van der Waals surface area contributed by atoms with Gasteiger partial charge in [-0.05, 0) is 80.7 Å². The smallest absolute Gasteiger partial charge is 0.229 e. The molecule has 0 bridgehead atoms. The van der Waals surface area contributed by atoms with Crippen molar-refractivity contribution in [3.63, 3.8) is 0 Å². The molecule has 3 rings (SSSR count). The van der Waals surface area contributed by atoms with Crippen molar-refractivity contribution >= 4 is 46.3 Å². The predicted molar refractivity (Wildman–Crippen MR) is 126 cm³/mol. The Bertz CT molecular complexity index is 1010. The van der Waals surface area contributed by atoms with Gasteiger partial charge in [0.1, 0.15) is 0 Å². The molecule has 0 unspecified atom stereocenters. The standard InChI is InChI=1S/C21H24N6S2/c1-13-7-8-17(10-14(13)2)25-21(28)27-19(22-12-18-6-5-9-29-18)26-20-23-15(3)11-16(4)24-20/h5-11H,12H2,1-4H3,(H3,22,23,24,25,26,27,28). The van der Waals surface area contributed by atoms with Crippen molar-refractivity contribution in [2.45, 2.75) is 34.2 Å². The summed E-state index contributed by atoms with van der Waals surface area (Å²) < 4.78 is 0. The van der Waals surface area contributed by atoms with Crippen LogP contribution in [-0.2, 0) is 6.54 Å². The minimum Gasteiger partial charge on any atom is -0.332 e. The summed E-state index contributed by atoms with van der Waals surface area (Å²) in [6.07, 6.45) is 0. The molecule has 0 aliphatic rings. The second-order valence-corrected chi connectivity index (χ2v) is 8.16. The Kier molecular flexibility index (Phi) is 6.90. The van der Waals surface area contributed by atoms with E-state index in [4.69, 9.17) is 12.2 Å². The van der Waals surface area contributed by atoms with Crippen LogP contribution in [-0.4, -0.2) is 21.0 Å². The van der Waals surface area contributed by atoms with Crippen LogP contribution in [0.3, 0.4) is 0 Å². The molecular formula is C21H24N6S2. The van der Waals surface area contributed by atoms with Crippen LogP contribution in [0.25, 0.3) is 0 Å². The second-order valence-electron chi connectivity index (χ2n) is 6.72. The van der Waals surface area contributed by atoms with Crippen molar-refractivity contribution in [1.82, 2.24) is 15.3 Å². The number of aryl methyl sites for hydroxylation is 4. The van der Waals surface area contributed by atoms with E-state index in [1.165, 1.54) is 11.1 Å². The van der Waals surface area contributed by atoms with Crippen LogP contribution in [0.1, 0.15) is 27.4 Å². The van der Waals surface area contributed by atoms with E-state index < -0.39 is 0 Å². The van der Waals surface area contributed by atoms with Gasteiger partial charge in [0.05, 0.1) is 6.54 Å². The number of hydrogen-bond donors (Lipinski definition) is 3. The fourth-order valence-electron chi connectivity index (χ4n) is 2.65. The Balaban J connectivity index is 1.75. The molecule has 29 heavy (non-hydrogen) atoms. The quantitative estimate of drug-likeness (QED) is 0.319. The van der Waals surface area contributed by atoms with Gasteiger partial charge in [0.15, 0.2) is 5.11 Å². The van der Waals surface area contributed by atoms with Crippen LogP contribution in [0.5, 0.6) is 0 Å². The zero-order valence-electron chi connectivity index (χ0n) is 16.9. The van der Waals surface area contributed by atoms with E-state index in [1.807, 2.05) is 43.5 Å². The fraction of sp³-hybridized carbons (Fsp3) is 0.238. The summed E-state index contributed by atoms with van der Waals surface area (Å²) in [6.45, 7) is 8.55. The van der Waals surface area contributed by atoms with Gasteiger partial charge in [-0.25, -0.2) is 15.0 Å². The van der Waals surface area contributed by atoms with Gasteiger partial charge < -0.3 is 10.6 Å². The molecule has 0 aliphatic heterocycles. The van der Waals surface area contributed by atoms with Crippen molar-refractivity contribution in [1.29, 1.82) is 0 Å². The van der Waals surface area contributed by atoms with E-state index in [-0.39, 0.29) is 0 Å². The zero-order chi connectivity index (χ0) is 20.8. The highest BCUT2D eigenvalue weighted by atomic mass is 32.1. The van der Waals surface area contributed by atoms with Crippen LogP contribution in [0.15, 0.2) is 46.8 Å². The minimum atomic E-state index is 0.440. The van der Waals surface area contributed by atoms with E-state index in [1.54, 1.807) is 11.3 Å². The highest BCUT2D eigenvalue weighted by Crippen LogP contribution is 2.14. The Morgan fingerprint density at radius 2 is 1.76 bits per heavy atom. The van der Waals surface area contributed by atoms with E-state index in [0.29, 0.717) is 23.6 Å². The third-order valence-electron chi connectivity index (χ3n) is 4.18. The molecule has 150 valence electrons. The monoisotopic (exact) mass is 424 g/mol. The van der Waals surface area contributed by atoms with Gasteiger partial charge >= 0.3 is 0 Å². The SMILES string of the molecule is Cc1cc(C)nc(NC(=NCc2cccs2)NC(=S)Nc2ccc(C)c(C)c2)n1. The molecule has 0 fully saturated rings. The number of nitrogens with zero attached hydrogens (tertiary/aromatic N) is 3. The van der Waals surface area contributed by atoms with Crippen molar-refractivity contribution in [3.8, 4) is 0 Å². The molecule has 6 nitrogen and oxygen atoms in total. The Morgan fingerprint density at radius 3 is 2.41 bits per heavy atom. The highest BCUT2D eigenvalue weighted by molar-refractivity contribution is 7.80. The number of guanidine groups is 1. The van der Waals surface area contributed by atoms with Crippen LogP contribution >= 0.6 is 23.6 Å². The van der Waals surface area contributed by atoms with Gasteiger partial charge in [0.25, 0.3) is 0 Å². The summed E-state index contributed by atoms with van der Waals surface area (Å²) in [4.78, 5) is 14.6. The van der Waals surface area contributed by atoms with E-state index in [9.17, 15) is 0 Å². The molecule has 0 radical (unpaired) electrons. The fourth-order valence-corrected chi connectivity index (χ4v) is 3.49. The van der Waals surface area contributed by atoms with E-state index in [2.05, 4.69) is 56.9 Å². The van der Waals surface area contributed by atoms with Crippen LogP contribution in [0.2, 0.25) is 0 Å². The normalized spacial score (nSPS) is 11.2. The van der Waals surface area contributed by atoms with Gasteiger partial charge in [-0.2, -0.15) is 0 Å². The number of rotatable bonds is 4. The molecular weight excluding hydrogens is 400 g/mol. The number of aliphatic imine (C=N–C) groups is 1. The van der Waals surface area contributed by atoms with Gasteiger partial charge in [-0.1, -0.05) is 12.1 Å². The first kappa shape index (κ1) is 20.9. The number of anilines is 2. The summed E-state index contributed by atoms with van der Waals surface area (Å²) >= 11 is 7.15. The molecule has 3 N–H and O–H groups in total. The summed E-state index contributed by atoms with van der Waals surface area (Å²) in [5, 5.41) is 12.0. The van der Waals surface area contributed by atoms with E-state index in [0.717, 1.165) is 22.0 Å². The maximum absolute atomic E-state index is 5.49. The lowest BCUT2D eigenvalue weighted by Crippen LogP contribution is -2.39. The number of thiocarbonyl (C=S) groups is 1.